The van der Waals surface area contributed by atoms with Crippen molar-refractivity contribution in [1.29, 1.82) is 0 Å². The van der Waals surface area contributed by atoms with Gasteiger partial charge in [0.2, 0.25) is 0 Å². The summed E-state index contributed by atoms with van der Waals surface area (Å²) in [5, 5.41) is 21.7. The van der Waals surface area contributed by atoms with Gasteiger partial charge in [0.25, 0.3) is 5.91 Å². The highest BCUT2D eigenvalue weighted by Crippen LogP contribution is 2.23. The van der Waals surface area contributed by atoms with Crippen LogP contribution in [0, 0.1) is 0 Å². The average molecular weight is 645 g/mol. The van der Waals surface area contributed by atoms with Crippen molar-refractivity contribution in [2.24, 2.45) is 0 Å². The Morgan fingerprint density at radius 3 is 2.00 bits per heavy atom. The number of hydrogen-bond acceptors (Lipinski definition) is 6. The number of nitrogens with one attached hydrogen (secondary N) is 1. The van der Waals surface area contributed by atoms with Crippen LogP contribution in [0.15, 0.2) is 67.3 Å². The number of carboxylic acid groups (broad SMARTS) is 2. The molecular formula is C28H30F6N6O5. The summed E-state index contributed by atoms with van der Waals surface area (Å²) in [7, 11) is 0. The van der Waals surface area contributed by atoms with Gasteiger partial charge in [0.05, 0.1) is 6.20 Å². The Kier molecular flexibility index (Phi) is 13.1. The molecule has 11 nitrogen and oxygen atoms in total. The van der Waals surface area contributed by atoms with Gasteiger partial charge < -0.3 is 24.8 Å². The Bertz CT molecular complexity index is 1520. The molecule has 0 atom stereocenters. The smallest absolute Gasteiger partial charge is 0.475 e. The number of carboxylic acids is 2. The molecule has 0 aromatic carbocycles. The van der Waals surface area contributed by atoms with Crippen LogP contribution < -0.4 is 5.32 Å². The number of amides is 1. The standard InChI is InChI=1S/C24H28N6O.2C2HF3O2/c1-3-28(4-2)16-6-14-26-24(31)22-12-15-27-30(22)23-11-10-21-9-8-20(18-29(21)23)19-7-5-13-25-17-19;2*3-2(4,5)1(6)7/h5,7-13,15,17-18H,3-4,6,14,16H2,1-2H3,(H,26,31);2*(H,6,7). The first kappa shape index (κ1) is 36.3. The van der Waals surface area contributed by atoms with Crippen LogP contribution in [0.4, 0.5) is 26.3 Å². The second-order valence-electron chi connectivity index (χ2n) is 9.02. The number of halogens is 6. The van der Waals surface area contributed by atoms with Crippen molar-refractivity contribution in [2.75, 3.05) is 26.2 Å². The molecule has 0 bridgehead atoms. The number of rotatable bonds is 9. The van der Waals surface area contributed by atoms with Crippen molar-refractivity contribution < 1.29 is 50.9 Å². The molecule has 4 rings (SSSR count). The van der Waals surface area contributed by atoms with E-state index in [1.54, 1.807) is 23.1 Å². The average Bonchev–Trinajstić information content (AvgIpc) is 3.64. The highest BCUT2D eigenvalue weighted by atomic mass is 19.4. The predicted octanol–water partition coefficient (Wildman–Crippen LogP) is 4.92. The number of aromatic nitrogens is 4. The number of carbonyl (C=O) groups is 3. The third-order valence-corrected chi connectivity index (χ3v) is 6.03. The van der Waals surface area contributed by atoms with Gasteiger partial charge in [-0.2, -0.15) is 31.4 Å². The Labute approximate surface area is 252 Å². The van der Waals surface area contributed by atoms with Crippen LogP contribution in [0.3, 0.4) is 0 Å². The molecule has 0 aliphatic carbocycles. The van der Waals surface area contributed by atoms with E-state index in [4.69, 9.17) is 19.8 Å². The Hall–Kier alpha value is -4.93. The minimum absolute atomic E-state index is 0.115. The summed E-state index contributed by atoms with van der Waals surface area (Å²) in [6.45, 7) is 7.98. The first-order chi connectivity index (χ1) is 21.1. The SMILES string of the molecule is CCN(CC)CCCNC(=O)c1ccnn1-c1ccc2ccc(-c3cccnc3)cn12.O=C(O)C(F)(F)F.O=C(O)C(F)(F)F. The maximum Gasteiger partial charge on any atom is 0.490 e. The van der Waals surface area contributed by atoms with Crippen LogP contribution in [-0.2, 0) is 9.59 Å². The molecule has 4 aromatic heterocycles. The van der Waals surface area contributed by atoms with E-state index in [0.717, 1.165) is 48.5 Å². The van der Waals surface area contributed by atoms with Gasteiger partial charge in [-0.25, -0.2) is 14.3 Å². The van der Waals surface area contributed by atoms with E-state index in [-0.39, 0.29) is 5.91 Å². The van der Waals surface area contributed by atoms with Crippen molar-refractivity contribution in [2.45, 2.75) is 32.6 Å². The maximum atomic E-state index is 12.8. The topological polar surface area (TPSA) is 142 Å². The number of fused-ring (bicyclic) bond motifs is 1. The van der Waals surface area contributed by atoms with Crippen LogP contribution in [-0.4, -0.2) is 90.7 Å². The molecule has 0 spiro atoms. The summed E-state index contributed by atoms with van der Waals surface area (Å²) in [6.07, 6.45) is -1.93. The molecule has 0 fully saturated rings. The lowest BCUT2D eigenvalue weighted by Crippen LogP contribution is -2.31. The number of alkyl halides is 6. The van der Waals surface area contributed by atoms with E-state index >= 15 is 0 Å². The lowest BCUT2D eigenvalue weighted by Gasteiger charge is -2.17. The summed E-state index contributed by atoms with van der Waals surface area (Å²) >= 11 is 0. The lowest BCUT2D eigenvalue weighted by atomic mass is 10.1. The minimum Gasteiger partial charge on any atom is -0.475 e. The third-order valence-electron chi connectivity index (χ3n) is 6.03. The fourth-order valence-corrected chi connectivity index (χ4v) is 3.76. The van der Waals surface area contributed by atoms with Crippen LogP contribution in [0.1, 0.15) is 30.8 Å². The molecule has 45 heavy (non-hydrogen) atoms. The van der Waals surface area contributed by atoms with E-state index in [1.165, 1.54) is 0 Å². The Morgan fingerprint density at radius 1 is 0.867 bits per heavy atom. The molecule has 0 saturated heterocycles. The van der Waals surface area contributed by atoms with Crippen molar-refractivity contribution in [3.63, 3.8) is 0 Å². The van der Waals surface area contributed by atoms with Crippen LogP contribution in [0.25, 0.3) is 22.5 Å². The number of carbonyl (C=O) groups excluding carboxylic acids is 1. The lowest BCUT2D eigenvalue weighted by molar-refractivity contribution is -0.193. The van der Waals surface area contributed by atoms with E-state index < -0.39 is 24.3 Å². The van der Waals surface area contributed by atoms with Gasteiger partial charge >= 0.3 is 24.3 Å². The molecule has 17 heteroatoms. The first-order valence-electron chi connectivity index (χ1n) is 13.3. The first-order valence-corrected chi connectivity index (χ1v) is 13.3. The van der Waals surface area contributed by atoms with Gasteiger partial charge in [-0.15, -0.1) is 0 Å². The monoisotopic (exact) mass is 644 g/mol. The molecule has 4 aromatic rings. The van der Waals surface area contributed by atoms with Crippen LogP contribution in [0.5, 0.6) is 0 Å². The van der Waals surface area contributed by atoms with Crippen molar-refractivity contribution in [3.05, 3.63) is 72.9 Å². The fourth-order valence-electron chi connectivity index (χ4n) is 3.76. The quantitative estimate of drug-likeness (QED) is 0.172. The Morgan fingerprint density at radius 2 is 1.47 bits per heavy atom. The molecule has 3 N–H and O–H groups in total. The molecule has 0 unspecified atom stereocenters. The maximum absolute atomic E-state index is 12.8. The summed E-state index contributed by atoms with van der Waals surface area (Å²) in [5.74, 6) is -4.81. The van der Waals surface area contributed by atoms with E-state index in [0.29, 0.717) is 12.2 Å². The highest BCUT2D eigenvalue weighted by Gasteiger charge is 2.38. The third kappa shape index (κ3) is 10.9. The molecule has 0 aliphatic heterocycles. The number of pyridine rings is 2. The summed E-state index contributed by atoms with van der Waals surface area (Å²) in [5.41, 5.74) is 3.64. The summed E-state index contributed by atoms with van der Waals surface area (Å²) in [6, 6.07) is 13.8. The summed E-state index contributed by atoms with van der Waals surface area (Å²) < 4.78 is 67.2. The van der Waals surface area contributed by atoms with E-state index in [9.17, 15) is 31.1 Å². The molecule has 4 heterocycles. The molecule has 244 valence electrons. The van der Waals surface area contributed by atoms with Crippen LogP contribution >= 0.6 is 0 Å². The Balaban J connectivity index is 0.000000421. The van der Waals surface area contributed by atoms with Gasteiger partial charge in [-0.3, -0.25) is 9.78 Å². The molecular weight excluding hydrogens is 614 g/mol. The van der Waals surface area contributed by atoms with Crippen LogP contribution in [0.2, 0.25) is 0 Å². The normalized spacial score (nSPS) is 11.3. The molecule has 1 amide bonds. The zero-order valence-electron chi connectivity index (χ0n) is 24.0. The van der Waals surface area contributed by atoms with Crippen molar-refractivity contribution >= 4 is 23.4 Å². The largest absolute Gasteiger partial charge is 0.490 e. The highest BCUT2D eigenvalue weighted by molar-refractivity contribution is 5.93. The predicted molar refractivity (Wildman–Crippen MR) is 150 cm³/mol. The number of aliphatic carboxylic acids is 2. The van der Waals surface area contributed by atoms with Crippen molar-refractivity contribution in [1.82, 2.24) is 29.4 Å². The molecule has 0 aliphatic rings. The fraction of sp³-hybridized carbons (Fsp3) is 0.321. The van der Waals surface area contributed by atoms with E-state index in [1.807, 2.05) is 34.9 Å². The van der Waals surface area contributed by atoms with E-state index in [2.05, 4.69) is 52.5 Å². The zero-order valence-corrected chi connectivity index (χ0v) is 24.0. The van der Waals surface area contributed by atoms with Crippen molar-refractivity contribution in [3.8, 4) is 16.9 Å². The second-order valence-corrected chi connectivity index (χ2v) is 9.02. The number of nitrogens with zero attached hydrogens (tertiary/aromatic N) is 5. The van der Waals surface area contributed by atoms with Gasteiger partial charge in [-0.1, -0.05) is 26.0 Å². The summed E-state index contributed by atoms with van der Waals surface area (Å²) in [4.78, 5) is 37.2. The number of hydrogen-bond donors (Lipinski definition) is 3. The molecule has 0 radical (unpaired) electrons. The van der Waals surface area contributed by atoms with Gasteiger partial charge in [0.15, 0.2) is 0 Å². The molecule has 0 saturated carbocycles. The minimum atomic E-state index is -5.08. The zero-order chi connectivity index (χ0) is 33.8. The second kappa shape index (κ2) is 16.2. The van der Waals surface area contributed by atoms with Gasteiger partial charge in [0, 0.05) is 36.2 Å². The van der Waals surface area contributed by atoms with Gasteiger partial charge in [-0.05, 0) is 62.0 Å². The van der Waals surface area contributed by atoms with Gasteiger partial charge in [0.1, 0.15) is 11.5 Å².